The van der Waals surface area contributed by atoms with Crippen LogP contribution in [0.3, 0.4) is 0 Å². The predicted molar refractivity (Wildman–Crippen MR) is 99.5 cm³/mol. The maximum absolute atomic E-state index is 12.3. The van der Waals surface area contributed by atoms with Crippen LogP contribution in [0, 0.1) is 6.92 Å². The van der Waals surface area contributed by atoms with E-state index in [4.69, 9.17) is 9.84 Å². The van der Waals surface area contributed by atoms with Gasteiger partial charge in [-0.3, -0.25) is 4.79 Å². The van der Waals surface area contributed by atoms with Crippen molar-refractivity contribution in [1.82, 2.24) is 5.32 Å². The lowest BCUT2D eigenvalue weighted by Crippen LogP contribution is -2.40. The zero-order valence-corrected chi connectivity index (χ0v) is 14.8. The van der Waals surface area contributed by atoms with Gasteiger partial charge in [0.15, 0.2) is 0 Å². The zero-order chi connectivity index (χ0) is 17.9. The van der Waals surface area contributed by atoms with Crippen LogP contribution in [0.15, 0.2) is 54.6 Å². The first kappa shape index (κ1) is 19.2. The number of aliphatic hydroxyl groups excluding tert-OH is 1. The van der Waals surface area contributed by atoms with Crippen LogP contribution in [-0.4, -0.2) is 36.9 Å². The second kappa shape index (κ2) is 10.6. The third kappa shape index (κ3) is 7.50. The molecule has 0 saturated heterocycles. The first-order chi connectivity index (χ1) is 12.2. The molecule has 0 bridgehead atoms. The minimum Gasteiger partial charge on any atom is -0.394 e. The molecule has 25 heavy (non-hydrogen) atoms. The Labute approximate surface area is 149 Å². The van der Waals surface area contributed by atoms with Crippen LogP contribution in [-0.2, 0) is 22.4 Å². The highest BCUT2D eigenvalue weighted by molar-refractivity contribution is 5.76. The zero-order valence-electron chi connectivity index (χ0n) is 14.8. The Hall–Kier alpha value is -2.17. The highest BCUT2D eigenvalue weighted by Gasteiger charge is 2.13. The third-order valence-corrected chi connectivity index (χ3v) is 4.01. The minimum atomic E-state index is -0.0995. The molecule has 0 aromatic heterocycles. The number of ether oxygens (including phenoxy) is 1. The van der Waals surface area contributed by atoms with Gasteiger partial charge in [-0.15, -0.1) is 0 Å². The average molecular weight is 341 g/mol. The monoisotopic (exact) mass is 341 g/mol. The average Bonchev–Trinajstić information content (AvgIpc) is 2.63. The van der Waals surface area contributed by atoms with Crippen molar-refractivity contribution in [2.24, 2.45) is 0 Å². The molecule has 0 spiro atoms. The van der Waals surface area contributed by atoms with Gasteiger partial charge >= 0.3 is 0 Å². The van der Waals surface area contributed by atoms with Gasteiger partial charge < -0.3 is 15.2 Å². The number of hydrogen-bond acceptors (Lipinski definition) is 3. The lowest BCUT2D eigenvalue weighted by atomic mass is 10.0. The molecule has 0 saturated carbocycles. The summed E-state index contributed by atoms with van der Waals surface area (Å²) in [7, 11) is 0. The Morgan fingerprint density at radius 1 is 1.08 bits per heavy atom. The van der Waals surface area contributed by atoms with Gasteiger partial charge in [0.25, 0.3) is 0 Å². The molecule has 0 aliphatic rings. The van der Waals surface area contributed by atoms with Gasteiger partial charge in [0, 0.05) is 6.42 Å². The van der Waals surface area contributed by atoms with Crippen molar-refractivity contribution in [3.63, 3.8) is 0 Å². The molecule has 0 heterocycles. The van der Waals surface area contributed by atoms with E-state index in [0.717, 1.165) is 17.5 Å². The highest BCUT2D eigenvalue weighted by Crippen LogP contribution is 2.08. The van der Waals surface area contributed by atoms with Gasteiger partial charge in [0.1, 0.15) is 0 Å². The van der Waals surface area contributed by atoms with Crippen molar-refractivity contribution in [2.45, 2.75) is 32.2 Å². The standard InChI is InChI=1S/C21H27NO3/c1-17-7-9-19(10-8-17)15-20(16-25-14-13-23)22-21(24)12-11-18-5-3-2-4-6-18/h2-10,20,23H,11-16H2,1H3,(H,22,24). The summed E-state index contributed by atoms with van der Waals surface area (Å²) >= 11 is 0. The Morgan fingerprint density at radius 3 is 2.48 bits per heavy atom. The Bertz CT molecular complexity index is 625. The molecule has 2 aromatic carbocycles. The Morgan fingerprint density at radius 2 is 1.80 bits per heavy atom. The van der Waals surface area contributed by atoms with Gasteiger partial charge in [-0.05, 0) is 30.9 Å². The topological polar surface area (TPSA) is 58.6 Å². The second-order valence-corrected chi connectivity index (χ2v) is 6.24. The van der Waals surface area contributed by atoms with E-state index < -0.39 is 0 Å². The Kier molecular flexibility index (Phi) is 8.16. The number of amides is 1. The molecule has 134 valence electrons. The summed E-state index contributed by atoms with van der Waals surface area (Å²) in [5, 5.41) is 11.9. The van der Waals surface area contributed by atoms with E-state index in [-0.39, 0.29) is 25.2 Å². The molecule has 1 atom stereocenters. The van der Waals surface area contributed by atoms with Crippen LogP contribution in [0.2, 0.25) is 0 Å². The number of aryl methyl sites for hydroxylation is 2. The largest absolute Gasteiger partial charge is 0.394 e. The van der Waals surface area contributed by atoms with Crippen molar-refractivity contribution in [1.29, 1.82) is 0 Å². The van der Waals surface area contributed by atoms with Gasteiger partial charge in [0.2, 0.25) is 5.91 Å². The SMILES string of the molecule is Cc1ccc(CC(COCCO)NC(=O)CCc2ccccc2)cc1. The summed E-state index contributed by atoms with van der Waals surface area (Å²) < 4.78 is 5.44. The molecule has 0 aliphatic carbocycles. The van der Waals surface area contributed by atoms with Gasteiger partial charge in [0.05, 0.1) is 25.9 Å². The number of nitrogens with one attached hydrogen (secondary N) is 1. The molecule has 1 amide bonds. The van der Waals surface area contributed by atoms with Crippen LogP contribution in [0.5, 0.6) is 0 Å². The molecule has 0 radical (unpaired) electrons. The summed E-state index contributed by atoms with van der Waals surface area (Å²) in [4.78, 5) is 12.3. The number of benzene rings is 2. The molecule has 2 N–H and O–H groups in total. The second-order valence-electron chi connectivity index (χ2n) is 6.24. The van der Waals surface area contributed by atoms with Crippen LogP contribution in [0.25, 0.3) is 0 Å². The summed E-state index contributed by atoms with van der Waals surface area (Å²) in [6.07, 6.45) is 1.89. The van der Waals surface area contributed by atoms with E-state index >= 15 is 0 Å². The van der Waals surface area contributed by atoms with E-state index in [1.165, 1.54) is 5.56 Å². The molecule has 4 nitrogen and oxygen atoms in total. The molecule has 4 heteroatoms. The van der Waals surface area contributed by atoms with Gasteiger partial charge in [-0.1, -0.05) is 60.2 Å². The highest BCUT2D eigenvalue weighted by atomic mass is 16.5. The van der Waals surface area contributed by atoms with Crippen LogP contribution in [0.4, 0.5) is 0 Å². The van der Waals surface area contributed by atoms with Crippen molar-refractivity contribution in [2.75, 3.05) is 19.8 Å². The van der Waals surface area contributed by atoms with Crippen molar-refractivity contribution in [3.05, 3.63) is 71.3 Å². The lowest BCUT2D eigenvalue weighted by molar-refractivity contribution is -0.122. The minimum absolute atomic E-state index is 0.0147. The van der Waals surface area contributed by atoms with Crippen LogP contribution >= 0.6 is 0 Å². The normalized spacial score (nSPS) is 11.9. The summed E-state index contributed by atoms with van der Waals surface area (Å²) in [5.41, 5.74) is 3.53. The third-order valence-electron chi connectivity index (χ3n) is 4.01. The van der Waals surface area contributed by atoms with E-state index in [2.05, 4.69) is 36.5 Å². The summed E-state index contributed by atoms with van der Waals surface area (Å²) in [6.45, 7) is 2.71. The number of carbonyl (C=O) groups excluding carboxylic acids is 1. The predicted octanol–water partition coefficient (Wildman–Crippen LogP) is 2.66. The van der Waals surface area contributed by atoms with Gasteiger partial charge in [-0.25, -0.2) is 0 Å². The molecule has 1 unspecified atom stereocenters. The van der Waals surface area contributed by atoms with E-state index in [1.54, 1.807) is 0 Å². The molecular weight excluding hydrogens is 314 g/mol. The molecular formula is C21H27NO3. The maximum Gasteiger partial charge on any atom is 0.220 e. The van der Waals surface area contributed by atoms with E-state index in [9.17, 15) is 4.79 Å². The number of aliphatic hydroxyl groups is 1. The van der Waals surface area contributed by atoms with Crippen molar-refractivity contribution < 1.29 is 14.6 Å². The fourth-order valence-electron chi connectivity index (χ4n) is 2.65. The number of hydrogen-bond donors (Lipinski definition) is 2. The van der Waals surface area contributed by atoms with Crippen molar-refractivity contribution in [3.8, 4) is 0 Å². The number of carbonyl (C=O) groups is 1. The summed E-state index contributed by atoms with van der Waals surface area (Å²) in [5.74, 6) is 0.0218. The lowest BCUT2D eigenvalue weighted by Gasteiger charge is -2.19. The van der Waals surface area contributed by atoms with Crippen molar-refractivity contribution >= 4 is 5.91 Å². The van der Waals surface area contributed by atoms with Crippen LogP contribution in [0.1, 0.15) is 23.1 Å². The Balaban J connectivity index is 1.87. The van der Waals surface area contributed by atoms with E-state index in [0.29, 0.717) is 19.4 Å². The fraction of sp³-hybridized carbons (Fsp3) is 0.381. The molecule has 0 fully saturated rings. The maximum atomic E-state index is 12.3. The molecule has 2 aromatic rings. The van der Waals surface area contributed by atoms with Gasteiger partial charge in [-0.2, -0.15) is 0 Å². The van der Waals surface area contributed by atoms with Crippen LogP contribution < -0.4 is 5.32 Å². The molecule has 0 aliphatic heterocycles. The first-order valence-electron chi connectivity index (χ1n) is 8.75. The molecule has 2 rings (SSSR count). The smallest absolute Gasteiger partial charge is 0.220 e. The summed E-state index contributed by atoms with van der Waals surface area (Å²) in [6, 6.07) is 18.2. The quantitative estimate of drug-likeness (QED) is 0.653. The number of rotatable bonds is 10. The fourth-order valence-corrected chi connectivity index (χ4v) is 2.65. The first-order valence-corrected chi connectivity index (χ1v) is 8.75. The van der Waals surface area contributed by atoms with E-state index in [1.807, 2.05) is 30.3 Å².